The number of piperidine rings is 1. The van der Waals surface area contributed by atoms with Crippen LogP contribution in [0.1, 0.15) is 25.6 Å². The molecule has 2 atom stereocenters. The predicted molar refractivity (Wildman–Crippen MR) is 61.2 cm³/mol. The van der Waals surface area contributed by atoms with Crippen LogP contribution in [0.2, 0.25) is 0 Å². The Morgan fingerprint density at radius 1 is 1.65 bits per heavy atom. The average Bonchev–Trinajstić information content (AvgIpc) is 2.67. The molecule has 1 aliphatic heterocycles. The van der Waals surface area contributed by atoms with Crippen LogP contribution in [0, 0.1) is 5.92 Å². The summed E-state index contributed by atoms with van der Waals surface area (Å²) in [4.78, 5) is 13.2. The lowest BCUT2D eigenvalue weighted by molar-refractivity contribution is -0.145. The summed E-state index contributed by atoms with van der Waals surface area (Å²) in [6.07, 6.45) is 3.40. The molecule has 1 aliphatic rings. The van der Waals surface area contributed by atoms with Crippen LogP contribution in [-0.2, 0) is 18.4 Å². The third-order valence-electron chi connectivity index (χ3n) is 3.41. The van der Waals surface area contributed by atoms with Crippen LogP contribution in [0.15, 0.2) is 6.33 Å². The highest BCUT2D eigenvalue weighted by molar-refractivity contribution is 5.73. The highest BCUT2D eigenvalue weighted by Gasteiger charge is 2.32. The first-order chi connectivity index (χ1) is 8.08. The quantitative estimate of drug-likeness (QED) is 0.830. The Balaban J connectivity index is 2.08. The SMILES string of the molecule is CC1CCN(Cc2nncn2C)C(C(=O)O)C1. The first-order valence-electron chi connectivity index (χ1n) is 5.87. The van der Waals surface area contributed by atoms with Crippen molar-refractivity contribution in [3.63, 3.8) is 0 Å². The number of carboxylic acid groups (broad SMARTS) is 1. The number of rotatable bonds is 3. The summed E-state index contributed by atoms with van der Waals surface area (Å²) < 4.78 is 1.83. The minimum atomic E-state index is -0.737. The molecule has 0 bridgehead atoms. The van der Waals surface area contributed by atoms with Gasteiger partial charge < -0.3 is 9.67 Å². The Morgan fingerprint density at radius 2 is 2.41 bits per heavy atom. The van der Waals surface area contributed by atoms with E-state index in [1.165, 1.54) is 0 Å². The smallest absolute Gasteiger partial charge is 0.320 e. The van der Waals surface area contributed by atoms with E-state index in [1.54, 1.807) is 6.33 Å². The van der Waals surface area contributed by atoms with Crippen LogP contribution in [-0.4, -0.2) is 43.3 Å². The zero-order chi connectivity index (χ0) is 12.4. The van der Waals surface area contributed by atoms with Gasteiger partial charge in [-0.05, 0) is 25.3 Å². The van der Waals surface area contributed by atoms with Gasteiger partial charge in [-0.1, -0.05) is 6.92 Å². The van der Waals surface area contributed by atoms with Crippen molar-refractivity contribution in [3.05, 3.63) is 12.2 Å². The minimum Gasteiger partial charge on any atom is -0.480 e. The van der Waals surface area contributed by atoms with E-state index in [0.29, 0.717) is 18.9 Å². The van der Waals surface area contributed by atoms with Gasteiger partial charge in [-0.25, -0.2) is 0 Å². The van der Waals surface area contributed by atoms with Crippen LogP contribution in [0.5, 0.6) is 0 Å². The second-order valence-corrected chi connectivity index (χ2v) is 4.81. The Bertz CT molecular complexity index is 404. The van der Waals surface area contributed by atoms with E-state index in [2.05, 4.69) is 17.1 Å². The van der Waals surface area contributed by atoms with Gasteiger partial charge in [0.1, 0.15) is 18.2 Å². The largest absolute Gasteiger partial charge is 0.480 e. The molecule has 94 valence electrons. The Hall–Kier alpha value is -1.43. The van der Waals surface area contributed by atoms with Crippen molar-refractivity contribution in [1.29, 1.82) is 0 Å². The number of aryl methyl sites for hydroxylation is 1. The van der Waals surface area contributed by atoms with E-state index in [0.717, 1.165) is 18.8 Å². The van der Waals surface area contributed by atoms with E-state index in [4.69, 9.17) is 0 Å². The Kier molecular flexibility index (Phi) is 3.42. The fraction of sp³-hybridized carbons (Fsp3) is 0.727. The van der Waals surface area contributed by atoms with Crippen molar-refractivity contribution in [2.45, 2.75) is 32.4 Å². The summed E-state index contributed by atoms with van der Waals surface area (Å²) in [5, 5.41) is 17.1. The maximum absolute atomic E-state index is 11.2. The molecule has 1 fully saturated rings. The fourth-order valence-corrected chi connectivity index (χ4v) is 2.27. The number of hydrogen-bond acceptors (Lipinski definition) is 4. The van der Waals surface area contributed by atoms with E-state index in [9.17, 15) is 9.90 Å². The maximum Gasteiger partial charge on any atom is 0.320 e. The molecule has 2 heterocycles. The molecular weight excluding hydrogens is 220 g/mol. The van der Waals surface area contributed by atoms with Crippen LogP contribution < -0.4 is 0 Å². The summed E-state index contributed by atoms with van der Waals surface area (Å²) >= 11 is 0. The van der Waals surface area contributed by atoms with Crippen molar-refractivity contribution < 1.29 is 9.90 Å². The number of likely N-dealkylation sites (tertiary alicyclic amines) is 1. The predicted octanol–water partition coefficient (Wildman–Crippen LogP) is 0.500. The summed E-state index contributed by atoms with van der Waals surface area (Å²) in [5.41, 5.74) is 0. The van der Waals surface area contributed by atoms with Crippen LogP contribution in [0.4, 0.5) is 0 Å². The van der Waals surface area contributed by atoms with Crippen LogP contribution >= 0.6 is 0 Å². The molecule has 2 rings (SSSR count). The normalized spacial score (nSPS) is 26.0. The Labute approximate surface area is 100 Å². The van der Waals surface area contributed by atoms with Gasteiger partial charge in [0.2, 0.25) is 0 Å². The zero-order valence-electron chi connectivity index (χ0n) is 10.2. The second-order valence-electron chi connectivity index (χ2n) is 4.81. The van der Waals surface area contributed by atoms with E-state index < -0.39 is 12.0 Å². The van der Waals surface area contributed by atoms with Gasteiger partial charge in [-0.2, -0.15) is 0 Å². The molecule has 1 aromatic rings. The highest BCUT2D eigenvalue weighted by atomic mass is 16.4. The summed E-state index contributed by atoms with van der Waals surface area (Å²) in [6, 6.07) is -0.393. The lowest BCUT2D eigenvalue weighted by atomic mass is 9.92. The first kappa shape index (κ1) is 12.0. The third kappa shape index (κ3) is 2.63. The lowest BCUT2D eigenvalue weighted by Gasteiger charge is -2.35. The second kappa shape index (κ2) is 4.83. The minimum absolute atomic E-state index is 0.393. The molecular formula is C11H18N4O2. The fourth-order valence-electron chi connectivity index (χ4n) is 2.27. The van der Waals surface area contributed by atoms with Crippen molar-refractivity contribution in [3.8, 4) is 0 Å². The van der Waals surface area contributed by atoms with Gasteiger partial charge >= 0.3 is 5.97 Å². The molecule has 6 heteroatoms. The molecule has 1 N–H and O–H groups in total. The van der Waals surface area contributed by atoms with E-state index in [-0.39, 0.29) is 0 Å². The van der Waals surface area contributed by atoms with Gasteiger partial charge in [0.05, 0.1) is 6.54 Å². The van der Waals surface area contributed by atoms with Crippen molar-refractivity contribution in [1.82, 2.24) is 19.7 Å². The molecule has 6 nitrogen and oxygen atoms in total. The van der Waals surface area contributed by atoms with Gasteiger partial charge in [-0.3, -0.25) is 9.69 Å². The number of hydrogen-bond donors (Lipinski definition) is 1. The van der Waals surface area contributed by atoms with Gasteiger partial charge in [-0.15, -0.1) is 10.2 Å². The number of aromatic nitrogens is 3. The molecule has 17 heavy (non-hydrogen) atoms. The van der Waals surface area contributed by atoms with Crippen molar-refractivity contribution in [2.75, 3.05) is 6.54 Å². The van der Waals surface area contributed by atoms with Gasteiger partial charge in [0, 0.05) is 7.05 Å². The molecule has 0 aromatic carbocycles. The van der Waals surface area contributed by atoms with Gasteiger partial charge in [0.25, 0.3) is 0 Å². The van der Waals surface area contributed by atoms with Crippen molar-refractivity contribution in [2.24, 2.45) is 13.0 Å². The van der Waals surface area contributed by atoms with Gasteiger partial charge in [0.15, 0.2) is 0 Å². The van der Waals surface area contributed by atoms with Crippen LogP contribution in [0.3, 0.4) is 0 Å². The molecule has 2 unspecified atom stereocenters. The molecule has 0 amide bonds. The third-order valence-corrected chi connectivity index (χ3v) is 3.41. The number of aliphatic carboxylic acids is 1. The number of carboxylic acids is 1. The molecule has 0 radical (unpaired) electrons. The molecule has 0 saturated carbocycles. The summed E-state index contributed by atoms with van der Waals surface area (Å²) in [5.74, 6) is 0.552. The summed E-state index contributed by atoms with van der Waals surface area (Å²) in [7, 11) is 1.87. The molecule has 0 spiro atoms. The summed E-state index contributed by atoms with van der Waals surface area (Å²) in [6.45, 7) is 3.47. The lowest BCUT2D eigenvalue weighted by Crippen LogP contribution is -2.46. The monoisotopic (exact) mass is 238 g/mol. The average molecular weight is 238 g/mol. The number of carbonyl (C=O) groups is 1. The number of nitrogens with zero attached hydrogens (tertiary/aromatic N) is 4. The molecule has 0 aliphatic carbocycles. The topological polar surface area (TPSA) is 71.2 Å². The molecule has 1 aromatic heterocycles. The highest BCUT2D eigenvalue weighted by Crippen LogP contribution is 2.23. The van der Waals surface area contributed by atoms with E-state index in [1.807, 2.05) is 16.5 Å². The van der Waals surface area contributed by atoms with Crippen LogP contribution in [0.25, 0.3) is 0 Å². The maximum atomic E-state index is 11.2. The first-order valence-corrected chi connectivity index (χ1v) is 5.87. The zero-order valence-corrected chi connectivity index (χ0v) is 10.2. The Morgan fingerprint density at radius 3 is 3.00 bits per heavy atom. The molecule has 1 saturated heterocycles. The van der Waals surface area contributed by atoms with E-state index >= 15 is 0 Å². The standard InChI is InChI=1S/C11H18N4O2/c1-8-3-4-15(9(5-8)11(16)17)6-10-13-12-7-14(10)2/h7-9H,3-6H2,1-2H3,(H,16,17). The van der Waals surface area contributed by atoms with Crippen molar-refractivity contribution >= 4 is 5.97 Å².